The summed E-state index contributed by atoms with van der Waals surface area (Å²) >= 11 is 8.09. The van der Waals surface area contributed by atoms with Crippen LogP contribution in [0.4, 0.5) is 5.00 Å². The van der Waals surface area contributed by atoms with Crippen LogP contribution in [-0.2, 0) is 0 Å². The van der Waals surface area contributed by atoms with Crippen LogP contribution >= 0.6 is 22.9 Å². The molecule has 0 bridgehead atoms. The van der Waals surface area contributed by atoms with Crippen LogP contribution in [0.2, 0.25) is 0 Å². The van der Waals surface area contributed by atoms with Gasteiger partial charge in [0.2, 0.25) is 0 Å². The van der Waals surface area contributed by atoms with Gasteiger partial charge >= 0.3 is 0 Å². The monoisotopic (exact) mass is 267 g/mol. The van der Waals surface area contributed by atoms with Crippen molar-refractivity contribution in [2.75, 3.05) is 18.1 Å². The van der Waals surface area contributed by atoms with Gasteiger partial charge < -0.3 is 10.0 Å². The number of anilines is 1. The molecular weight excluding hydrogens is 254 g/mol. The van der Waals surface area contributed by atoms with E-state index in [4.69, 9.17) is 16.7 Å². The van der Waals surface area contributed by atoms with Crippen LogP contribution in [0.3, 0.4) is 0 Å². The molecule has 0 aliphatic rings. The van der Waals surface area contributed by atoms with Crippen LogP contribution in [0.25, 0.3) is 0 Å². The largest absolute Gasteiger partial charge is 0.395 e. The Labute approximate surface area is 110 Å². The number of nitrogens with zero attached hydrogens (tertiary/aromatic N) is 1. The molecule has 4 heteroatoms. The Kier molecular flexibility index (Phi) is 4.42. The predicted molar refractivity (Wildman–Crippen MR) is 73.8 cm³/mol. The lowest BCUT2D eigenvalue weighted by Crippen LogP contribution is -2.27. The summed E-state index contributed by atoms with van der Waals surface area (Å²) in [6, 6.07) is 13.9. The normalized spacial score (nSPS) is 12.4. The summed E-state index contributed by atoms with van der Waals surface area (Å²) in [6.45, 7) is 0.623. The van der Waals surface area contributed by atoms with Crippen molar-refractivity contribution < 1.29 is 5.11 Å². The molecule has 0 saturated heterocycles. The molecule has 0 amide bonds. The van der Waals surface area contributed by atoms with Gasteiger partial charge in [-0.1, -0.05) is 41.9 Å². The van der Waals surface area contributed by atoms with Gasteiger partial charge in [0.25, 0.3) is 0 Å². The van der Waals surface area contributed by atoms with Crippen LogP contribution < -0.4 is 4.90 Å². The topological polar surface area (TPSA) is 23.5 Å². The number of rotatable bonds is 5. The first-order valence-corrected chi connectivity index (χ1v) is 6.74. The Morgan fingerprint density at radius 3 is 2.53 bits per heavy atom. The lowest BCUT2D eigenvalue weighted by atomic mass is 10.2. The van der Waals surface area contributed by atoms with E-state index in [0.717, 1.165) is 10.6 Å². The second-order valence-corrected chi connectivity index (χ2v) is 4.95. The molecular formula is C13H14ClNOS. The minimum Gasteiger partial charge on any atom is -0.395 e. The van der Waals surface area contributed by atoms with Gasteiger partial charge in [0, 0.05) is 6.54 Å². The number of thiophene rings is 1. The highest BCUT2D eigenvalue weighted by atomic mass is 35.5. The fourth-order valence-corrected chi connectivity index (χ4v) is 2.86. The van der Waals surface area contributed by atoms with Crippen molar-refractivity contribution in [2.45, 2.75) is 5.50 Å². The molecule has 1 N–H and O–H groups in total. The Hall–Kier alpha value is -1.03. The first-order valence-electron chi connectivity index (χ1n) is 5.43. The molecule has 1 heterocycles. The van der Waals surface area contributed by atoms with Gasteiger partial charge in [-0.15, -0.1) is 11.3 Å². The fraction of sp³-hybridized carbons (Fsp3) is 0.231. The Morgan fingerprint density at radius 1 is 1.18 bits per heavy atom. The number of benzene rings is 1. The Bertz CT molecular complexity index is 432. The van der Waals surface area contributed by atoms with Crippen LogP contribution in [0, 0.1) is 0 Å². The number of hydrogen-bond donors (Lipinski definition) is 1. The summed E-state index contributed by atoms with van der Waals surface area (Å²) in [5.41, 5.74) is 0.790. The zero-order chi connectivity index (χ0) is 12.1. The van der Waals surface area contributed by atoms with Crippen LogP contribution in [0.15, 0.2) is 47.8 Å². The van der Waals surface area contributed by atoms with E-state index >= 15 is 0 Å². The number of hydrogen-bond acceptors (Lipinski definition) is 3. The fourth-order valence-electron chi connectivity index (χ4n) is 1.67. The van der Waals surface area contributed by atoms with Crippen molar-refractivity contribution in [2.24, 2.45) is 0 Å². The van der Waals surface area contributed by atoms with Gasteiger partial charge in [0.15, 0.2) is 0 Å². The molecule has 1 aromatic carbocycles. The van der Waals surface area contributed by atoms with Crippen LogP contribution in [-0.4, -0.2) is 18.3 Å². The lowest BCUT2D eigenvalue weighted by Gasteiger charge is -2.27. The summed E-state index contributed by atoms with van der Waals surface area (Å²) in [5, 5.41) is 12.2. The van der Waals surface area contributed by atoms with Crippen molar-refractivity contribution in [3.8, 4) is 0 Å². The van der Waals surface area contributed by atoms with Crippen LogP contribution in [0.5, 0.6) is 0 Å². The molecule has 1 unspecified atom stereocenters. The molecule has 2 aromatic rings. The maximum Gasteiger partial charge on any atom is 0.130 e. The van der Waals surface area contributed by atoms with Gasteiger partial charge in [-0.2, -0.15) is 0 Å². The van der Waals surface area contributed by atoms with E-state index in [-0.39, 0.29) is 12.1 Å². The van der Waals surface area contributed by atoms with Crippen molar-refractivity contribution in [1.82, 2.24) is 0 Å². The molecule has 1 atom stereocenters. The van der Waals surface area contributed by atoms with E-state index in [0.29, 0.717) is 6.54 Å². The molecule has 0 radical (unpaired) electrons. The molecule has 2 nitrogen and oxygen atoms in total. The average Bonchev–Trinajstić information content (AvgIpc) is 2.90. The number of aliphatic hydroxyl groups is 1. The second kappa shape index (κ2) is 6.05. The summed E-state index contributed by atoms with van der Waals surface area (Å²) in [4.78, 5) is 2.00. The molecule has 90 valence electrons. The first-order chi connectivity index (χ1) is 8.33. The standard InChI is InChI=1S/C13H14ClNOS/c14-13(11-5-2-1-3-6-11)15(8-9-16)12-7-4-10-17-12/h1-7,10,13,16H,8-9H2. The van der Waals surface area contributed by atoms with Gasteiger partial charge in [0.05, 0.1) is 11.6 Å². The van der Waals surface area contributed by atoms with E-state index in [1.807, 2.05) is 52.7 Å². The minimum atomic E-state index is -0.248. The molecule has 2 rings (SSSR count). The highest BCUT2D eigenvalue weighted by Crippen LogP contribution is 2.32. The van der Waals surface area contributed by atoms with Crippen molar-refractivity contribution in [3.05, 3.63) is 53.4 Å². The highest BCUT2D eigenvalue weighted by molar-refractivity contribution is 7.14. The van der Waals surface area contributed by atoms with Gasteiger partial charge in [-0.25, -0.2) is 0 Å². The summed E-state index contributed by atoms with van der Waals surface area (Å²) < 4.78 is 0. The van der Waals surface area contributed by atoms with Crippen molar-refractivity contribution in [1.29, 1.82) is 0 Å². The number of halogens is 1. The second-order valence-electron chi connectivity index (χ2n) is 3.61. The summed E-state index contributed by atoms with van der Waals surface area (Å²) in [6.07, 6.45) is 0. The van der Waals surface area contributed by atoms with E-state index in [1.165, 1.54) is 0 Å². The quantitative estimate of drug-likeness (QED) is 0.662. The Morgan fingerprint density at radius 2 is 1.94 bits per heavy atom. The Balaban J connectivity index is 2.22. The zero-order valence-corrected chi connectivity index (χ0v) is 10.9. The molecule has 1 aromatic heterocycles. The highest BCUT2D eigenvalue weighted by Gasteiger charge is 2.18. The molecule has 17 heavy (non-hydrogen) atoms. The average molecular weight is 268 g/mol. The maximum atomic E-state index is 9.14. The molecule has 0 spiro atoms. The third-order valence-electron chi connectivity index (χ3n) is 2.48. The first kappa shape index (κ1) is 12.4. The van der Waals surface area contributed by atoms with E-state index < -0.39 is 0 Å². The van der Waals surface area contributed by atoms with Gasteiger partial charge in [0.1, 0.15) is 5.50 Å². The molecule has 0 fully saturated rings. The predicted octanol–water partition coefficient (Wildman–Crippen LogP) is 3.48. The summed E-state index contributed by atoms with van der Waals surface area (Å²) in [5.74, 6) is 0. The zero-order valence-electron chi connectivity index (χ0n) is 9.29. The van der Waals surface area contributed by atoms with E-state index in [1.54, 1.807) is 11.3 Å². The molecule has 0 aliphatic heterocycles. The SMILES string of the molecule is OCCN(c1cccs1)C(Cl)c1ccccc1. The lowest BCUT2D eigenvalue weighted by molar-refractivity contribution is 0.301. The van der Waals surface area contributed by atoms with E-state index in [2.05, 4.69) is 0 Å². The van der Waals surface area contributed by atoms with Crippen molar-refractivity contribution in [3.63, 3.8) is 0 Å². The van der Waals surface area contributed by atoms with Gasteiger partial charge in [-0.3, -0.25) is 0 Å². The van der Waals surface area contributed by atoms with E-state index in [9.17, 15) is 0 Å². The smallest absolute Gasteiger partial charge is 0.130 e. The van der Waals surface area contributed by atoms with Crippen LogP contribution in [0.1, 0.15) is 11.1 Å². The van der Waals surface area contributed by atoms with Gasteiger partial charge in [-0.05, 0) is 23.1 Å². The minimum absolute atomic E-state index is 0.0912. The number of aliphatic hydroxyl groups excluding tert-OH is 1. The third-order valence-corrected chi connectivity index (χ3v) is 3.87. The van der Waals surface area contributed by atoms with Crippen molar-refractivity contribution >= 4 is 27.9 Å². The molecule has 0 saturated carbocycles. The number of alkyl halides is 1. The maximum absolute atomic E-state index is 9.14. The third kappa shape index (κ3) is 3.00. The molecule has 0 aliphatic carbocycles. The summed E-state index contributed by atoms with van der Waals surface area (Å²) in [7, 11) is 0.